The van der Waals surface area contributed by atoms with Crippen molar-refractivity contribution in [1.82, 2.24) is 0 Å². The number of nitrogens with two attached hydrogens (primary N) is 3. The predicted molar refractivity (Wildman–Crippen MR) is 98.6 cm³/mol. The normalized spacial score (nSPS) is 8.62. The largest absolute Gasteiger partial charge is 0.396 e. The number of hydrogen-bond acceptors (Lipinski definition) is 4. The van der Waals surface area contributed by atoms with Crippen LogP contribution in [0.2, 0.25) is 0 Å². The van der Waals surface area contributed by atoms with E-state index in [-0.39, 0.29) is 12.0 Å². The molecule has 0 bridgehead atoms. The number of aliphatic hydroxyl groups is 1. The summed E-state index contributed by atoms with van der Waals surface area (Å²) in [6.45, 7) is 20.8. The lowest BCUT2D eigenvalue weighted by Crippen LogP contribution is -2.10. The molecule has 0 radical (unpaired) electrons. The second-order valence-corrected chi connectivity index (χ2v) is 6.15. The maximum atomic E-state index is 9.82. The number of aliphatic hydroxyl groups excluding tert-OH is 1. The summed E-state index contributed by atoms with van der Waals surface area (Å²) in [5.41, 5.74) is 15.4. The number of carbonyl (C=O) groups excluding carboxylic acids is 3. The SMILES string of the molecule is C=C(C)C(N)=O.C=C(C)C(N)=O.C=C(C)C(N)=O.CC(C)(C)CO. The highest BCUT2D eigenvalue weighted by Crippen LogP contribution is 2.09. The van der Waals surface area contributed by atoms with Crippen LogP contribution in [0.15, 0.2) is 36.5 Å². The monoisotopic (exact) mass is 343 g/mol. The zero-order chi connectivity index (χ0) is 20.7. The quantitative estimate of drug-likeness (QED) is 0.569. The first-order chi connectivity index (χ1) is 10.5. The number of primary amides is 3. The first-order valence-electron chi connectivity index (χ1n) is 6.96. The van der Waals surface area contributed by atoms with Crippen molar-refractivity contribution in [2.75, 3.05) is 6.61 Å². The van der Waals surface area contributed by atoms with E-state index in [1.807, 2.05) is 20.8 Å². The lowest BCUT2D eigenvalue weighted by Gasteiger charge is -2.11. The Kier molecular flexibility index (Phi) is 19.1. The summed E-state index contributed by atoms with van der Waals surface area (Å²) in [6.07, 6.45) is 0. The molecular weight excluding hydrogens is 310 g/mol. The van der Waals surface area contributed by atoms with Crippen LogP contribution in [-0.2, 0) is 14.4 Å². The molecule has 140 valence electrons. The van der Waals surface area contributed by atoms with E-state index in [2.05, 4.69) is 19.7 Å². The topological polar surface area (TPSA) is 150 Å². The van der Waals surface area contributed by atoms with Crippen LogP contribution in [0.25, 0.3) is 0 Å². The van der Waals surface area contributed by atoms with Gasteiger partial charge in [0.2, 0.25) is 17.7 Å². The highest BCUT2D eigenvalue weighted by atomic mass is 16.3. The Morgan fingerprint density at radius 1 is 0.750 bits per heavy atom. The van der Waals surface area contributed by atoms with Crippen molar-refractivity contribution < 1.29 is 19.5 Å². The van der Waals surface area contributed by atoms with Gasteiger partial charge in [0.1, 0.15) is 0 Å². The molecule has 0 aromatic rings. The maximum Gasteiger partial charge on any atom is 0.243 e. The van der Waals surface area contributed by atoms with Gasteiger partial charge in [-0.2, -0.15) is 0 Å². The Balaban J connectivity index is -0.000000111. The van der Waals surface area contributed by atoms with E-state index in [4.69, 9.17) is 22.3 Å². The van der Waals surface area contributed by atoms with Crippen LogP contribution < -0.4 is 17.2 Å². The number of amides is 3. The van der Waals surface area contributed by atoms with Crippen LogP contribution in [0.1, 0.15) is 41.5 Å². The van der Waals surface area contributed by atoms with Gasteiger partial charge in [-0.05, 0) is 26.2 Å². The Hall–Kier alpha value is -2.41. The van der Waals surface area contributed by atoms with Crippen molar-refractivity contribution in [2.45, 2.75) is 41.5 Å². The molecule has 0 unspecified atom stereocenters. The Morgan fingerprint density at radius 2 is 0.833 bits per heavy atom. The molecule has 0 aromatic heterocycles. The second kappa shape index (κ2) is 15.5. The molecule has 0 heterocycles. The summed E-state index contributed by atoms with van der Waals surface area (Å²) in [5.74, 6) is -1.31. The number of hydrogen-bond donors (Lipinski definition) is 4. The van der Waals surface area contributed by atoms with E-state index < -0.39 is 17.7 Å². The van der Waals surface area contributed by atoms with Gasteiger partial charge in [0.15, 0.2) is 0 Å². The summed E-state index contributed by atoms with van der Waals surface area (Å²) in [7, 11) is 0. The molecular formula is C17H33N3O4. The van der Waals surface area contributed by atoms with E-state index in [0.29, 0.717) is 16.7 Å². The summed E-state index contributed by atoms with van der Waals surface area (Å²) >= 11 is 0. The molecule has 7 N–H and O–H groups in total. The maximum absolute atomic E-state index is 9.82. The van der Waals surface area contributed by atoms with Gasteiger partial charge in [0, 0.05) is 23.3 Å². The van der Waals surface area contributed by atoms with E-state index >= 15 is 0 Å². The van der Waals surface area contributed by atoms with Crippen LogP contribution in [-0.4, -0.2) is 29.4 Å². The fraction of sp³-hybridized carbons (Fsp3) is 0.471. The molecule has 24 heavy (non-hydrogen) atoms. The molecule has 0 saturated heterocycles. The highest BCUT2D eigenvalue weighted by molar-refractivity contribution is 5.91. The molecule has 7 nitrogen and oxygen atoms in total. The minimum atomic E-state index is -0.435. The summed E-state index contributed by atoms with van der Waals surface area (Å²) in [6, 6.07) is 0. The average molecular weight is 343 g/mol. The van der Waals surface area contributed by atoms with E-state index in [1.165, 1.54) is 0 Å². The number of rotatable bonds is 3. The third-order valence-electron chi connectivity index (χ3n) is 1.74. The standard InChI is InChI=1S/C5H12O.3C4H7NO/c1-5(2,3)4-6;3*1-3(2)4(5)6/h6H,4H2,1-3H3;3*1H2,2H3,(H2,5,6). The van der Waals surface area contributed by atoms with Gasteiger partial charge in [0.25, 0.3) is 0 Å². The van der Waals surface area contributed by atoms with Gasteiger partial charge in [-0.1, -0.05) is 40.5 Å². The highest BCUT2D eigenvalue weighted by Gasteiger charge is 2.05. The molecule has 0 aliphatic rings. The van der Waals surface area contributed by atoms with Crippen LogP contribution in [0.4, 0.5) is 0 Å². The fourth-order valence-electron chi connectivity index (χ4n) is 0. The third-order valence-corrected chi connectivity index (χ3v) is 1.74. The Labute approximate surface area is 145 Å². The van der Waals surface area contributed by atoms with Crippen molar-refractivity contribution in [3.8, 4) is 0 Å². The third kappa shape index (κ3) is 42.7. The second-order valence-electron chi connectivity index (χ2n) is 6.15. The van der Waals surface area contributed by atoms with Crippen LogP contribution in [0.5, 0.6) is 0 Å². The van der Waals surface area contributed by atoms with Crippen LogP contribution in [0.3, 0.4) is 0 Å². The molecule has 0 saturated carbocycles. The van der Waals surface area contributed by atoms with Crippen molar-refractivity contribution in [2.24, 2.45) is 22.6 Å². The Morgan fingerprint density at radius 3 is 0.833 bits per heavy atom. The molecule has 0 spiro atoms. The predicted octanol–water partition coefficient (Wildman–Crippen LogP) is 1.17. The zero-order valence-corrected chi connectivity index (χ0v) is 15.7. The summed E-state index contributed by atoms with van der Waals surface area (Å²) in [4.78, 5) is 29.5. The van der Waals surface area contributed by atoms with Gasteiger partial charge < -0.3 is 22.3 Å². The van der Waals surface area contributed by atoms with Gasteiger partial charge in [0.05, 0.1) is 0 Å². The van der Waals surface area contributed by atoms with Crippen molar-refractivity contribution in [3.05, 3.63) is 36.5 Å². The minimum Gasteiger partial charge on any atom is -0.396 e. The molecule has 3 amide bonds. The molecule has 0 aliphatic heterocycles. The lowest BCUT2D eigenvalue weighted by molar-refractivity contribution is -0.115. The summed E-state index contributed by atoms with van der Waals surface area (Å²) in [5, 5.41) is 8.40. The Bertz CT molecular complexity index is 368. The van der Waals surface area contributed by atoms with Crippen molar-refractivity contribution in [1.29, 1.82) is 0 Å². The van der Waals surface area contributed by atoms with Crippen molar-refractivity contribution >= 4 is 17.7 Å². The number of carbonyl (C=O) groups is 3. The lowest BCUT2D eigenvalue weighted by atomic mass is 9.99. The smallest absolute Gasteiger partial charge is 0.243 e. The summed E-state index contributed by atoms with van der Waals surface area (Å²) < 4.78 is 0. The van der Waals surface area contributed by atoms with Gasteiger partial charge in [-0.15, -0.1) is 0 Å². The van der Waals surface area contributed by atoms with Crippen LogP contribution >= 0.6 is 0 Å². The van der Waals surface area contributed by atoms with Crippen molar-refractivity contribution in [3.63, 3.8) is 0 Å². The molecule has 7 heteroatoms. The average Bonchev–Trinajstić information content (AvgIpc) is 2.39. The molecule has 0 fully saturated rings. The molecule has 0 aromatic carbocycles. The fourth-order valence-corrected chi connectivity index (χ4v) is 0. The van der Waals surface area contributed by atoms with Gasteiger partial charge in [-0.3, -0.25) is 14.4 Å². The zero-order valence-electron chi connectivity index (χ0n) is 15.7. The minimum absolute atomic E-state index is 0.0972. The van der Waals surface area contributed by atoms with E-state index in [0.717, 1.165) is 0 Å². The first-order valence-corrected chi connectivity index (χ1v) is 6.96. The van der Waals surface area contributed by atoms with Crippen LogP contribution in [0, 0.1) is 5.41 Å². The van der Waals surface area contributed by atoms with E-state index in [9.17, 15) is 14.4 Å². The molecule has 0 atom stereocenters. The van der Waals surface area contributed by atoms with Gasteiger partial charge >= 0.3 is 0 Å². The molecule has 0 rings (SSSR count). The van der Waals surface area contributed by atoms with E-state index in [1.54, 1.807) is 20.8 Å². The van der Waals surface area contributed by atoms with Gasteiger partial charge in [-0.25, -0.2) is 0 Å². The first kappa shape index (κ1) is 29.6. The molecule has 0 aliphatic carbocycles.